The minimum absolute atomic E-state index is 0.130. The first-order chi connectivity index (χ1) is 8.76. The molecule has 4 nitrogen and oxygen atoms in total. The van der Waals surface area contributed by atoms with Gasteiger partial charge in [0.05, 0.1) is 12.3 Å². The quantitative estimate of drug-likeness (QED) is 0.890. The predicted octanol–water partition coefficient (Wildman–Crippen LogP) is 2.20. The Morgan fingerprint density at radius 3 is 2.94 bits per heavy atom. The predicted molar refractivity (Wildman–Crippen MR) is 69.7 cm³/mol. The van der Waals surface area contributed by atoms with E-state index >= 15 is 0 Å². The Labute approximate surface area is 107 Å². The minimum Gasteiger partial charge on any atom is -0.449 e. The third kappa shape index (κ3) is 2.64. The van der Waals surface area contributed by atoms with Crippen molar-refractivity contribution in [2.24, 2.45) is 5.92 Å². The van der Waals surface area contributed by atoms with Gasteiger partial charge in [0.2, 0.25) is 0 Å². The van der Waals surface area contributed by atoms with Gasteiger partial charge in [-0.2, -0.15) is 0 Å². The first kappa shape index (κ1) is 12.9. The Bertz CT molecular complexity index is 419. The summed E-state index contributed by atoms with van der Waals surface area (Å²) in [7, 11) is 0. The molecular formula is C14H19NO3. The molecule has 1 fully saturated rings. The van der Waals surface area contributed by atoms with Crippen LogP contribution in [0.5, 0.6) is 0 Å². The van der Waals surface area contributed by atoms with Crippen LogP contribution in [-0.4, -0.2) is 31.0 Å². The highest BCUT2D eigenvalue weighted by Gasteiger charge is 2.28. The molecule has 1 N–H and O–H groups in total. The number of aliphatic hydroxyl groups is 1. The lowest BCUT2D eigenvalue weighted by molar-refractivity contribution is 0.104. The molecule has 1 aromatic carbocycles. The molecule has 1 unspecified atom stereocenters. The lowest BCUT2D eigenvalue weighted by Crippen LogP contribution is -2.43. The molecule has 0 aliphatic carbocycles. The van der Waals surface area contributed by atoms with Crippen molar-refractivity contribution in [1.29, 1.82) is 0 Å². The summed E-state index contributed by atoms with van der Waals surface area (Å²) in [4.78, 5) is 13.5. The smallest absolute Gasteiger partial charge is 0.414 e. The van der Waals surface area contributed by atoms with E-state index < -0.39 is 0 Å². The van der Waals surface area contributed by atoms with Gasteiger partial charge in [-0.25, -0.2) is 4.79 Å². The van der Waals surface area contributed by atoms with Crippen molar-refractivity contribution < 1.29 is 14.6 Å². The zero-order valence-electron chi connectivity index (χ0n) is 10.6. The van der Waals surface area contributed by atoms with Gasteiger partial charge in [-0.1, -0.05) is 25.1 Å². The maximum atomic E-state index is 11.9. The third-order valence-electron chi connectivity index (χ3n) is 3.30. The van der Waals surface area contributed by atoms with Crippen LogP contribution in [0.4, 0.5) is 10.5 Å². The average Bonchev–Trinajstić information content (AvgIpc) is 2.41. The van der Waals surface area contributed by atoms with E-state index in [0.29, 0.717) is 19.6 Å². The molecule has 1 aliphatic heterocycles. The number of aryl methyl sites for hydroxylation is 1. The van der Waals surface area contributed by atoms with Gasteiger partial charge >= 0.3 is 6.09 Å². The molecule has 4 heteroatoms. The second-order valence-electron chi connectivity index (χ2n) is 4.55. The summed E-state index contributed by atoms with van der Waals surface area (Å²) in [5, 5.41) is 8.98. The number of hydrogen-bond donors (Lipinski definition) is 1. The number of carbonyl (C=O) groups excluding carboxylic acids is 1. The molecule has 1 saturated heterocycles. The highest BCUT2D eigenvalue weighted by Crippen LogP contribution is 2.26. The van der Waals surface area contributed by atoms with Crippen molar-refractivity contribution >= 4 is 11.8 Å². The molecule has 0 aromatic heterocycles. The number of carbonyl (C=O) groups is 1. The van der Waals surface area contributed by atoms with Gasteiger partial charge in [-0.05, 0) is 24.5 Å². The molecule has 0 bridgehead atoms. The summed E-state index contributed by atoms with van der Waals surface area (Å²) in [6.45, 7) is 3.23. The van der Waals surface area contributed by atoms with Crippen LogP contribution in [0, 0.1) is 5.92 Å². The summed E-state index contributed by atoms with van der Waals surface area (Å²) in [6.07, 6.45) is 1.26. The van der Waals surface area contributed by atoms with Crippen LogP contribution in [0.3, 0.4) is 0 Å². The van der Waals surface area contributed by atoms with E-state index in [4.69, 9.17) is 9.84 Å². The summed E-state index contributed by atoms with van der Waals surface area (Å²) in [6, 6.07) is 7.87. The van der Waals surface area contributed by atoms with E-state index in [0.717, 1.165) is 17.7 Å². The highest BCUT2D eigenvalue weighted by molar-refractivity contribution is 5.89. The summed E-state index contributed by atoms with van der Waals surface area (Å²) >= 11 is 0. The van der Waals surface area contributed by atoms with E-state index in [1.165, 1.54) is 0 Å². The number of rotatable bonds is 4. The molecule has 1 atom stereocenters. The normalized spacial score (nSPS) is 19.8. The molecule has 2 rings (SSSR count). The van der Waals surface area contributed by atoms with E-state index in [1.807, 2.05) is 24.3 Å². The molecular weight excluding hydrogens is 230 g/mol. The first-order valence-electron chi connectivity index (χ1n) is 6.39. The molecule has 18 heavy (non-hydrogen) atoms. The van der Waals surface area contributed by atoms with Gasteiger partial charge < -0.3 is 9.84 Å². The van der Waals surface area contributed by atoms with Crippen molar-refractivity contribution in [3.63, 3.8) is 0 Å². The van der Waals surface area contributed by atoms with Crippen LogP contribution in [0.25, 0.3) is 0 Å². The van der Waals surface area contributed by atoms with E-state index in [1.54, 1.807) is 4.90 Å². The number of ether oxygens (including phenoxy) is 1. The second kappa shape index (κ2) is 5.87. The number of cyclic esters (lactones) is 1. The Hall–Kier alpha value is -1.55. The SMILES string of the molecule is CCc1ccccc1N1CC(CCO)COC1=O. The lowest BCUT2D eigenvalue weighted by Gasteiger charge is -2.33. The number of para-hydroxylation sites is 1. The molecule has 1 amide bonds. The number of amides is 1. The first-order valence-corrected chi connectivity index (χ1v) is 6.39. The highest BCUT2D eigenvalue weighted by atomic mass is 16.6. The fourth-order valence-electron chi connectivity index (χ4n) is 2.28. The van der Waals surface area contributed by atoms with Gasteiger partial charge in [-0.15, -0.1) is 0 Å². The van der Waals surface area contributed by atoms with E-state index in [2.05, 4.69) is 6.92 Å². The zero-order chi connectivity index (χ0) is 13.0. The largest absolute Gasteiger partial charge is 0.449 e. The number of nitrogens with zero attached hydrogens (tertiary/aromatic N) is 1. The second-order valence-corrected chi connectivity index (χ2v) is 4.55. The van der Waals surface area contributed by atoms with Crippen molar-refractivity contribution in [2.45, 2.75) is 19.8 Å². The Kier molecular flexibility index (Phi) is 4.20. The van der Waals surface area contributed by atoms with Crippen LogP contribution in [0.1, 0.15) is 18.9 Å². The third-order valence-corrected chi connectivity index (χ3v) is 3.30. The van der Waals surface area contributed by atoms with Gasteiger partial charge in [0.1, 0.15) is 0 Å². The van der Waals surface area contributed by atoms with Crippen molar-refractivity contribution in [3.05, 3.63) is 29.8 Å². The fraction of sp³-hybridized carbons (Fsp3) is 0.500. The summed E-state index contributed by atoms with van der Waals surface area (Å²) < 4.78 is 5.19. The summed E-state index contributed by atoms with van der Waals surface area (Å²) in [5.41, 5.74) is 2.06. The molecule has 0 radical (unpaired) electrons. The van der Waals surface area contributed by atoms with Gasteiger partial charge in [-0.3, -0.25) is 4.90 Å². The maximum absolute atomic E-state index is 11.9. The van der Waals surface area contributed by atoms with E-state index in [-0.39, 0.29) is 18.6 Å². The van der Waals surface area contributed by atoms with Crippen LogP contribution in [0.15, 0.2) is 24.3 Å². The minimum atomic E-state index is -0.287. The zero-order valence-corrected chi connectivity index (χ0v) is 10.6. The monoisotopic (exact) mass is 249 g/mol. The Balaban J connectivity index is 2.21. The standard InChI is InChI=1S/C14H19NO3/c1-2-12-5-3-4-6-13(12)15-9-11(7-8-16)10-18-14(15)17/h3-6,11,16H,2,7-10H2,1H3. The molecule has 98 valence electrons. The van der Waals surface area contributed by atoms with Crippen molar-refractivity contribution in [3.8, 4) is 0 Å². The van der Waals surface area contributed by atoms with Crippen molar-refractivity contribution in [1.82, 2.24) is 0 Å². The van der Waals surface area contributed by atoms with E-state index in [9.17, 15) is 4.79 Å². The van der Waals surface area contributed by atoms with Gasteiger partial charge in [0.15, 0.2) is 0 Å². The lowest BCUT2D eigenvalue weighted by atomic mass is 10.0. The van der Waals surface area contributed by atoms with Crippen LogP contribution in [-0.2, 0) is 11.2 Å². The molecule has 0 spiro atoms. The van der Waals surface area contributed by atoms with Crippen LogP contribution in [0.2, 0.25) is 0 Å². The van der Waals surface area contributed by atoms with Gasteiger partial charge in [0.25, 0.3) is 0 Å². The number of hydrogen-bond acceptors (Lipinski definition) is 3. The molecule has 1 heterocycles. The molecule has 0 saturated carbocycles. The maximum Gasteiger partial charge on any atom is 0.414 e. The molecule has 1 aromatic rings. The van der Waals surface area contributed by atoms with Crippen LogP contribution >= 0.6 is 0 Å². The number of anilines is 1. The average molecular weight is 249 g/mol. The summed E-state index contributed by atoms with van der Waals surface area (Å²) in [5.74, 6) is 0.206. The topological polar surface area (TPSA) is 49.8 Å². The Morgan fingerprint density at radius 1 is 1.44 bits per heavy atom. The van der Waals surface area contributed by atoms with Crippen LogP contribution < -0.4 is 4.90 Å². The fourth-order valence-corrected chi connectivity index (χ4v) is 2.28. The number of benzene rings is 1. The Morgan fingerprint density at radius 2 is 2.22 bits per heavy atom. The number of aliphatic hydroxyl groups excluding tert-OH is 1. The molecule has 1 aliphatic rings. The van der Waals surface area contributed by atoms with Gasteiger partial charge in [0, 0.05) is 19.1 Å². The van der Waals surface area contributed by atoms with Crippen molar-refractivity contribution in [2.75, 3.05) is 24.7 Å².